The van der Waals surface area contributed by atoms with Crippen molar-refractivity contribution < 1.29 is 9.90 Å². The number of pyridine rings is 1. The summed E-state index contributed by atoms with van der Waals surface area (Å²) in [5.41, 5.74) is 2.35. The van der Waals surface area contributed by atoms with Gasteiger partial charge in [-0.25, -0.2) is 4.98 Å². The molecule has 0 aliphatic rings. The van der Waals surface area contributed by atoms with Gasteiger partial charge in [0.15, 0.2) is 0 Å². The van der Waals surface area contributed by atoms with Gasteiger partial charge in [0.1, 0.15) is 10.9 Å². The number of fused-ring (bicyclic) bond motifs is 1. The number of hydrogen-bond donors (Lipinski definition) is 2. The molecule has 112 valence electrons. The Bertz CT molecular complexity index is 827. The van der Waals surface area contributed by atoms with Crippen LogP contribution in [0.25, 0.3) is 10.2 Å². The number of benzene rings is 1. The molecule has 2 aromatic heterocycles. The number of carbonyl (C=O) groups excluding carboxylic acids is 1. The molecule has 22 heavy (non-hydrogen) atoms. The highest BCUT2D eigenvalue weighted by atomic mass is 32.1. The maximum atomic E-state index is 11.5. The fraction of sp³-hybridized carbons (Fsp3) is 0.176. The van der Waals surface area contributed by atoms with Crippen molar-refractivity contribution >= 4 is 33.1 Å². The summed E-state index contributed by atoms with van der Waals surface area (Å²) in [6.07, 6.45) is -0.789. The van der Waals surface area contributed by atoms with E-state index in [2.05, 4.69) is 10.3 Å². The largest absolute Gasteiger partial charge is 0.383 e. The van der Waals surface area contributed by atoms with Gasteiger partial charge in [-0.2, -0.15) is 0 Å². The van der Waals surface area contributed by atoms with E-state index in [1.165, 1.54) is 18.3 Å². The van der Waals surface area contributed by atoms with Gasteiger partial charge >= 0.3 is 0 Å². The zero-order valence-corrected chi connectivity index (χ0v) is 13.1. The first-order valence-electron chi connectivity index (χ1n) is 6.97. The SMILES string of the molecule is CC(=O)Nc1c(C(O)c2ccccc2)sc2nc(C)ccc12. The number of hydrogen-bond acceptors (Lipinski definition) is 4. The minimum absolute atomic E-state index is 0.165. The molecule has 3 aromatic rings. The van der Waals surface area contributed by atoms with E-state index in [9.17, 15) is 9.90 Å². The second kappa shape index (κ2) is 5.87. The monoisotopic (exact) mass is 312 g/mol. The Morgan fingerprint density at radius 1 is 1.23 bits per heavy atom. The number of nitrogens with zero attached hydrogens (tertiary/aromatic N) is 1. The summed E-state index contributed by atoms with van der Waals surface area (Å²) in [6, 6.07) is 13.2. The maximum Gasteiger partial charge on any atom is 0.221 e. The first-order chi connectivity index (χ1) is 10.6. The predicted molar refractivity (Wildman–Crippen MR) is 89.2 cm³/mol. The Hall–Kier alpha value is -2.24. The van der Waals surface area contributed by atoms with Crippen LogP contribution in [0.2, 0.25) is 0 Å². The van der Waals surface area contributed by atoms with Crippen molar-refractivity contribution in [1.29, 1.82) is 0 Å². The van der Waals surface area contributed by atoms with Gasteiger partial charge in [-0.3, -0.25) is 4.79 Å². The summed E-state index contributed by atoms with van der Waals surface area (Å²) in [6.45, 7) is 3.38. The van der Waals surface area contributed by atoms with Crippen molar-refractivity contribution in [3.8, 4) is 0 Å². The third-order valence-corrected chi connectivity index (χ3v) is 4.54. The lowest BCUT2D eigenvalue weighted by Crippen LogP contribution is -2.09. The van der Waals surface area contributed by atoms with Crippen LogP contribution in [0, 0.1) is 6.92 Å². The van der Waals surface area contributed by atoms with Crippen LogP contribution in [-0.4, -0.2) is 16.0 Å². The summed E-state index contributed by atoms with van der Waals surface area (Å²) >= 11 is 1.41. The molecule has 1 aromatic carbocycles. The van der Waals surface area contributed by atoms with Gasteiger partial charge in [-0.05, 0) is 24.6 Å². The molecule has 0 saturated carbocycles. The first-order valence-corrected chi connectivity index (χ1v) is 7.78. The van der Waals surface area contributed by atoms with Crippen molar-refractivity contribution in [1.82, 2.24) is 4.98 Å². The average Bonchev–Trinajstić information content (AvgIpc) is 2.84. The zero-order valence-electron chi connectivity index (χ0n) is 12.3. The average molecular weight is 312 g/mol. The number of rotatable bonds is 3. The van der Waals surface area contributed by atoms with Crippen LogP contribution >= 0.6 is 11.3 Å². The lowest BCUT2D eigenvalue weighted by atomic mass is 10.1. The zero-order chi connectivity index (χ0) is 15.7. The van der Waals surface area contributed by atoms with Crippen molar-refractivity contribution in [3.63, 3.8) is 0 Å². The van der Waals surface area contributed by atoms with Gasteiger partial charge in [0.05, 0.1) is 10.6 Å². The quantitative estimate of drug-likeness (QED) is 0.776. The molecular formula is C17H16N2O2S. The van der Waals surface area contributed by atoms with Gasteiger partial charge in [-0.15, -0.1) is 11.3 Å². The van der Waals surface area contributed by atoms with Crippen molar-refractivity contribution in [2.45, 2.75) is 20.0 Å². The smallest absolute Gasteiger partial charge is 0.221 e. The number of aliphatic hydroxyl groups excluding tert-OH is 1. The topological polar surface area (TPSA) is 62.2 Å². The van der Waals surface area contributed by atoms with E-state index < -0.39 is 6.10 Å². The molecule has 0 aliphatic heterocycles. The Morgan fingerprint density at radius 3 is 2.64 bits per heavy atom. The van der Waals surface area contributed by atoms with Crippen LogP contribution in [0.15, 0.2) is 42.5 Å². The highest BCUT2D eigenvalue weighted by molar-refractivity contribution is 7.19. The molecule has 0 spiro atoms. The van der Waals surface area contributed by atoms with Gasteiger partial charge < -0.3 is 10.4 Å². The van der Waals surface area contributed by atoms with Crippen LogP contribution in [0.5, 0.6) is 0 Å². The van der Waals surface area contributed by atoms with Gasteiger partial charge in [-0.1, -0.05) is 30.3 Å². The van der Waals surface area contributed by atoms with Crippen molar-refractivity contribution in [2.24, 2.45) is 0 Å². The molecule has 0 aliphatic carbocycles. The first kappa shape index (κ1) is 14.7. The minimum Gasteiger partial charge on any atom is -0.383 e. The van der Waals surface area contributed by atoms with Crippen LogP contribution < -0.4 is 5.32 Å². The standard InChI is InChI=1S/C17H16N2O2S/c1-10-8-9-13-14(19-11(2)20)16(22-17(13)18-10)15(21)12-6-4-3-5-7-12/h3-9,15,21H,1-2H3,(H,19,20). The molecule has 1 unspecified atom stereocenters. The molecule has 0 saturated heterocycles. The summed E-state index contributed by atoms with van der Waals surface area (Å²) < 4.78 is 0. The van der Waals surface area contributed by atoms with E-state index in [1.807, 2.05) is 49.4 Å². The van der Waals surface area contributed by atoms with Crippen LogP contribution in [0.3, 0.4) is 0 Å². The molecule has 1 atom stereocenters. The second-order valence-electron chi connectivity index (χ2n) is 5.14. The highest BCUT2D eigenvalue weighted by Gasteiger charge is 2.21. The predicted octanol–water partition coefficient (Wildman–Crippen LogP) is 3.64. The van der Waals surface area contributed by atoms with E-state index >= 15 is 0 Å². The Kier molecular flexibility index (Phi) is 3.92. The molecule has 4 nitrogen and oxygen atoms in total. The number of anilines is 1. The maximum absolute atomic E-state index is 11.5. The van der Waals surface area contributed by atoms with E-state index in [0.29, 0.717) is 10.6 Å². The van der Waals surface area contributed by atoms with Crippen LogP contribution in [0.1, 0.15) is 29.2 Å². The second-order valence-corrected chi connectivity index (χ2v) is 6.17. The molecule has 1 amide bonds. The Labute approximate surface area is 132 Å². The molecule has 0 fully saturated rings. The Morgan fingerprint density at radius 2 is 1.95 bits per heavy atom. The summed E-state index contributed by atoms with van der Waals surface area (Å²) in [7, 11) is 0. The van der Waals surface area contributed by atoms with Crippen LogP contribution in [-0.2, 0) is 4.79 Å². The molecule has 2 heterocycles. The summed E-state index contributed by atoms with van der Waals surface area (Å²) in [4.78, 5) is 17.5. The van der Waals surface area contributed by atoms with Gasteiger partial charge in [0, 0.05) is 18.0 Å². The third kappa shape index (κ3) is 2.73. The van der Waals surface area contributed by atoms with Gasteiger partial charge in [0.2, 0.25) is 5.91 Å². The lowest BCUT2D eigenvalue weighted by molar-refractivity contribution is -0.114. The minimum atomic E-state index is -0.789. The number of aromatic nitrogens is 1. The molecule has 2 N–H and O–H groups in total. The van der Waals surface area contributed by atoms with E-state index in [1.54, 1.807) is 0 Å². The van der Waals surface area contributed by atoms with Gasteiger partial charge in [0.25, 0.3) is 0 Å². The van der Waals surface area contributed by atoms with Crippen molar-refractivity contribution in [3.05, 3.63) is 58.6 Å². The van der Waals surface area contributed by atoms with E-state index in [0.717, 1.165) is 21.5 Å². The number of aliphatic hydroxyl groups is 1. The summed E-state index contributed by atoms with van der Waals surface area (Å²) in [5.74, 6) is -0.165. The summed E-state index contributed by atoms with van der Waals surface area (Å²) in [5, 5.41) is 14.4. The van der Waals surface area contributed by atoms with Crippen molar-refractivity contribution in [2.75, 3.05) is 5.32 Å². The number of aryl methyl sites for hydroxylation is 1. The Balaban J connectivity index is 2.17. The molecular weight excluding hydrogens is 296 g/mol. The highest BCUT2D eigenvalue weighted by Crippen LogP contribution is 2.40. The fourth-order valence-electron chi connectivity index (χ4n) is 2.37. The lowest BCUT2D eigenvalue weighted by Gasteiger charge is -2.12. The number of carbonyl (C=O) groups is 1. The van der Waals surface area contributed by atoms with E-state index in [-0.39, 0.29) is 5.91 Å². The number of thiophene rings is 1. The molecule has 0 bridgehead atoms. The number of nitrogens with one attached hydrogen (secondary N) is 1. The normalized spacial score (nSPS) is 12.3. The number of amides is 1. The van der Waals surface area contributed by atoms with E-state index in [4.69, 9.17) is 0 Å². The van der Waals surface area contributed by atoms with Crippen LogP contribution in [0.4, 0.5) is 5.69 Å². The molecule has 3 rings (SSSR count). The fourth-order valence-corrected chi connectivity index (χ4v) is 3.56. The third-order valence-electron chi connectivity index (χ3n) is 3.39. The molecule has 5 heteroatoms. The molecule has 0 radical (unpaired) electrons.